The standard InChI is InChI=1S/C20H29N5O2/c1-13(2)10-24(11-14(3)4)20-18(25(26)27)19(21-12-22-20)23-17-8-7-15(5)16(6)9-17/h7-9,12-14H,10-11H2,1-6H3,(H,21,22,23). The van der Waals surface area contributed by atoms with E-state index in [4.69, 9.17) is 0 Å². The molecule has 1 N–H and O–H groups in total. The van der Waals surface area contributed by atoms with Gasteiger partial charge in [0.05, 0.1) is 4.92 Å². The molecule has 0 saturated carbocycles. The highest BCUT2D eigenvalue weighted by molar-refractivity contribution is 5.74. The monoisotopic (exact) mass is 371 g/mol. The van der Waals surface area contributed by atoms with E-state index in [0.717, 1.165) is 11.3 Å². The van der Waals surface area contributed by atoms with Crippen LogP contribution in [-0.2, 0) is 0 Å². The number of anilines is 3. The van der Waals surface area contributed by atoms with Crippen molar-refractivity contribution < 1.29 is 4.92 Å². The zero-order chi connectivity index (χ0) is 20.1. The molecule has 7 heteroatoms. The van der Waals surface area contributed by atoms with Gasteiger partial charge in [-0.25, -0.2) is 9.97 Å². The lowest BCUT2D eigenvalue weighted by atomic mass is 10.1. The van der Waals surface area contributed by atoms with Crippen molar-refractivity contribution in [2.24, 2.45) is 11.8 Å². The molecule has 0 radical (unpaired) electrons. The summed E-state index contributed by atoms with van der Waals surface area (Å²) in [6.45, 7) is 13.8. The lowest BCUT2D eigenvalue weighted by Gasteiger charge is -2.27. The van der Waals surface area contributed by atoms with Crippen molar-refractivity contribution >= 4 is 23.0 Å². The summed E-state index contributed by atoms with van der Waals surface area (Å²) in [4.78, 5) is 21.9. The summed E-state index contributed by atoms with van der Waals surface area (Å²) >= 11 is 0. The van der Waals surface area contributed by atoms with Crippen molar-refractivity contribution in [2.45, 2.75) is 41.5 Å². The maximum Gasteiger partial charge on any atom is 0.353 e. The summed E-state index contributed by atoms with van der Waals surface area (Å²) in [5.74, 6) is 1.29. The number of benzene rings is 1. The van der Waals surface area contributed by atoms with E-state index < -0.39 is 4.92 Å². The predicted molar refractivity (Wildman–Crippen MR) is 110 cm³/mol. The second-order valence-electron chi connectivity index (χ2n) is 7.77. The Labute approximate surface area is 161 Å². The van der Waals surface area contributed by atoms with Crippen LogP contribution in [0.1, 0.15) is 38.8 Å². The van der Waals surface area contributed by atoms with Crippen molar-refractivity contribution in [1.82, 2.24) is 9.97 Å². The molecule has 1 aromatic heterocycles. The zero-order valence-electron chi connectivity index (χ0n) is 17.0. The second-order valence-corrected chi connectivity index (χ2v) is 7.77. The molecule has 0 unspecified atom stereocenters. The van der Waals surface area contributed by atoms with E-state index in [2.05, 4.69) is 43.0 Å². The first-order chi connectivity index (χ1) is 12.7. The normalized spacial score (nSPS) is 11.1. The molecule has 0 spiro atoms. The first-order valence-corrected chi connectivity index (χ1v) is 9.27. The maximum atomic E-state index is 11.9. The third kappa shape index (κ3) is 5.39. The highest BCUT2D eigenvalue weighted by Crippen LogP contribution is 2.34. The molecule has 146 valence electrons. The molecule has 2 rings (SSSR count). The molecular weight excluding hydrogens is 342 g/mol. The van der Waals surface area contributed by atoms with Gasteiger partial charge in [0.15, 0.2) is 0 Å². The smallest absolute Gasteiger partial charge is 0.350 e. The van der Waals surface area contributed by atoms with Gasteiger partial charge in [-0.15, -0.1) is 0 Å². The van der Waals surface area contributed by atoms with Crippen LogP contribution in [0.5, 0.6) is 0 Å². The Morgan fingerprint density at radius 1 is 1.07 bits per heavy atom. The molecule has 0 atom stereocenters. The number of hydrogen-bond donors (Lipinski definition) is 1. The lowest BCUT2D eigenvalue weighted by molar-refractivity contribution is -0.383. The van der Waals surface area contributed by atoms with Crippen LogP contribution in [0.4, 0.5) is 23.0 Å². The largest absolute Gasteiger partial charge is 0.353 e. The predicted octanol–water partition coefficient (Wildman–Crippen LogP) is 4.86. The molecule has 2 aromatic rings. The molecule has 0 aliphatic carbocycles. The molecule has 1 aromatic carbocycles. The van der Waals surface area contributed by atoms with Gasteiger partial charge in [-0.1, -0.05) is 33.8 Å². The molecular formula is C20H29N5O2. The summed E-state index contributed by atoms with van der Waals surface area (Å²) in [5.41, 5.74) is 2.96. The Bertz CT molecular complexity index is 795. The number of rotatable bonds is 8. The maximum absolute atomic E-state index is 11.9. The number of nitrogens with one attached hydrogen (secondary N) is 1. The van der Waals surface area contributed by atoms with Crippen LogP contribution in [0.25, 0.3) is 0 Å². The number of hydrogen-bond acceptors (Lipinski definition) is 6. The fourth-order valence-corrected chi connectivity index (χ4v) is 2.95. The van der Waals surface area contributed by atoms with Gasteiger partial charge in [0.1, 0.15) is 6.33 Å². The first kappa shape index (κ1) is 20.6. The van der Waals surface area contributed by atoms with Gasteiger partial charge in [0, 0.05) is 18.8 Å². The summed E-state index contributed by atoms with van der Waals surface area (Å²) in [6.07, 6.45) is 1.39. The molecule has 0 amide bonds. The SMILES string of the molecule is Cc1ccc(Nc2ncnc(N(CC(C)C)CC(C)C)c2[N+](=O)[O-])cc1C. The third-order valence-corrected chi connectivity index (χ3v) is 4.23. The average Bonchev–Trinajstić information content (AvgIpc) is 2.56. The third-order valence-electron chi connectivity index (χ3n) is 4.23. The minimum absolute atomic E-state index is 0.0861. The van der Waals surface area contributed by atoms with Crippen LogP contribution in [0.2, 0.25) is 0 Å². The van der Waals surface area contributed by atoms with Crippen LogP contribution in [0.15, 0.2) is 24.5 Å². The van der Waals surface area contributed by atoms with Gasteiger partial charge in [-0.2, -0.15) is 0 Å². The van der Waals surface area contributed by atoms with Crippen molar-refractivity contribution in [3.8, 4) is 0 Å². The number of nitrogens with zero attached hydrogens (tertiary/aromatic N) is 4. The van der Waals surface area contributed by atoms with E-state index in [1.54, 1.807) is 0 Å². The first-order valence-electron chi connectivity index (χ1n) is 9.27. The van der Waals surface area contributed by atoms with Crippen LogP contribution >= 0.6 is 0 Å². The fourth-order valence-electron chi connectivity index (χ4n) is 2.95. The number of aryl methyl sites for hydroxylation is 2. The summed E-state index contributed by atoms with van der Waals surface area (Å²) in [6, 6.07) is 5.84. The van der Waals surface area contributed by atoms with E-state index in [1.807, 2.05) is 36.9 Å². The van der Waals surface area contributed by atoms with Gasteiger partial charge in [0.2, 0.25) is 11.6 Å². The fraction of sp³-hybridized carbons (Fsp3) is 0.500. The van der Waals surface area contributed by atoms with E-state index in [-0.39, 0.29) is 11.5 Å². The minimum atomic E-state index is -0.396. The van der Waals surface area contributed by atoms with Gasteiger partial charge >= 0.3 is 5.69 Å². The van der Waals surface area contributed by atoms with Gasteiger partial charge in [-0.3, -0.25) is 10.1 Å². The van der Waals surface area contributed by atoms with E-state index in [0.29, 0.717) is 30.7 Å². The Morgan fingerprint density at radius 3 is 2.22 bits per heavy atom. The Hall–Kier alpha value is -2.70. The van der Waals surface area contributed by atoms with Crippen LogP contribution in [0, 0.1) is 35.8 Å². The second kappa shape index (κ2) is 8.79. The van der Waals surface area contributed by atoms with Crippen molar-refractivity contribution in [2.75, 3.05) is 23.3 Å². The van der Waals surface area contributed by atoms with E-state index in [1.165, 1.54) is 11.9 Å². The van der Waals surface area contributed by atoms with Gasteiger partial charge < -0.3 is 10.2 Å². The molecule has 0 bridgehead atoms. The van der Waals surface area contributed by atoms with Gasteiger partial charge in [0.25, 0.3) is 0 Å². The Morgan fingerprint density at radius 2 is 1.70 bits per heavy atom. The van der Waals surface area contributed by atoms with Crippen molar-refractivity contribution in [3.05, 3.63) is 45.8 Å². The zero-order valence-corrected chi connectivity index (χ0v) is 17.0. The lowest BCUT2D eigenvalue weighted by Crippen LogP contribution is -2.32. The van der Waals surface area contributed by atoms with Crippen LogP contribution < -0.4 is 10.2 Å². The Kier molecular flexibility index (Phi) is 6.71. The molecule has 7 nitrogen and oxygen atoms in total. The molecule has 0 aliphatic rings. The minimum Gasteiger partial charge on any atom is -0.350 e. The highest BCUT2D eigenvalue weighted by atomic mass is 16.6. The molecule has 1 heterocycles. The molecule has 0 aliphatic heterocycles. The van der Waals surface area contributed by atoms with Gasteiger partial charge in [-0.05, 0) is 48.9 Å². The molecule has 0 fully saturated rings. The molecule has 27 heavy (non-hydrogen) atoms. The number of nitro groups is 1. The van der Waals surface area contributed by atoms with E-state index >= 15 is 0 Å². The summed E-state index contributed by atoms with van der Waals surface area (Å²) in [5, 5.41) is 15.0. The van der Waals surface area contributed by atoms with Crippen LogP contribution in [-0.4, -0.2) is 28.0 Å². The Balaban J connectivity index is 2.48. The molecule has 0 saturated heterocycles. The summed E-state index contributed by atoms with van der Waals surface area (Å²) in [7, 11) is 0. The van der Waals surface area contributed by atoms with Crippen LogP contribution in [0.3, 0.4) is 0 Å². The summed E-state index contributed by atoms with van der Waals surface area (Å²) < 4.78 is 0. The quantitative estimate of drug-likeness (QED) is 0.527. The highest BCUT2D eigenvalue weighted by Gasteiger charge is 2.28. The van der Waals surface area contributed by atoms with Crippen molar-refractivity contribution in [3.63, 3.8) is 0 Å². The number of aromatic nitrogens is 2. The average molecular weight is 371 g/mol. The van der Waals surface area contributed by atoms with E-state index in [9.17, 15) is 10.1 Å². The topological polar surface area (TPSA) is 84.2 Å². The van der Waals surface area contributed by atoms with Crippen molar-refractivity contribution in [1.29, 1.82) is 0 Å².